The first kappa shape index (κ1) is 11.7. The van der Waals surface area contributed by atoms with Gasteiger partial charge in [0.25, 0.3) is 0 Å². The van der Waals surface area contributed by atoms with Gasteiger partial charge >= 0.3 is 0 Å². The predicted octanol–water partition coefficient (Wildman–Crippen LogP) is 2.47. The first-order chi connectivity index (χ1) is 6.56. The lowest BCUT2D eigenvalue weighted by atomic mass is 9.83. The largest absolute Gasteiger partial charge is 0.259 e. The molecule has 1 saturated carbocycles. The molecule has 3 heteroatoms. The predicted molar refractivity (Wildman–Crippen MR) is 59.2 cm³/mol. The van der Waals surface area contributed by atoms with Gasteiger partial charge < -0.3 is 0 Å². The van der Waals surface area contributed by atoms with E-state index in [1.165, 1.54) is 0 Å². The Hall–Kier alpha value is -0.360. The van der Waals surface area contributed by atoms with Crippen LogP contribution in [0.2, 0.25) is 0 Å². The summed E-state index contributed by atoms with van der Waals surface area (Å²) in [6, 6.07) is 2.32. The van der Waals surface area contributed by atoms with Crippen molar-refractivity contribution in [3.05, 3.63) is 0 Å². The Morgan fingerprint density at radius 2 is 2.07 bits per heavy atom. The van der Waals surface area contributed by atoms with E-state index in [0.717, 1.165) is 19.3 Å². The van der Waals surface area contributed by atoms with Crippen LogP contribution in [0.5, 0.6) is 0 Å². The summed E-state index contributed by atoms with van der Waals surface area (Å²) in [6.07, 6.45) is 3.01. The minimum absolute atomic E-state index is 0.0226. The number of nitriles is 1. The zero-order valence-corrected chi connectivity index (χ0v) is 10.0. The fraction of sp³-hybridized carbons (Fsp3) is 0.909. The first-order valence-corrected chi connectivity index (χ1v) is 6.62. The van der Waals surface area contributed by atoms with Gasteiger partial charge in [0, 0.05) is 16.0 Å². The van der Waals surface area contributed by atoms with Crippen LogP contribution in [0.1, 0.15) is 40.0 Å². The molecule has 4 unspecified atom stereocenters. The molecule has 0 amide bonds. The fourth-order valence-electron chi connectivity index (χ4n) is 2.08. The number of hydrogen-bond acceptors (Lipinski definition) is 2. The van der Waals surface area contributed by atoms with Gasteiger partial charge in [-0.25, -0.2) is 0 Å². The first-order valence-electron chi connectivity index (χ1n) is 5.35. The lowest BCUT2D eigenvalue weighted by molar-refractivity contribution is 0.340. The second-order valence-electron chi connectivity index (χ2n) is 4.57. The normalized spacial score (nSPS) is 35.2. The zero-order chi connectivity index (χ0) is 10.7. The van der Waals surface area contributed by atoms with Crippen molar-refractivity contribution in [2.45, 2.75) is 50.5 Å². The third-order valence-electron chi connectivity index (χ3n) is 2.98. The van der Waals surface area contributed by atoms with Crippen molar-refractivity contribution in [2.24, 2.45) is 11.8 Å². The molecule has 0 bridgehead atoms. The minimum Gasteiger partial charge on any atom is -0.259 e. The Morgan fingerprint density at radius 1 is 1.43 bits per heavy atom. The van der Waals surface area contributed by atoms with Crippen LogP contribution in [0, 0.1) is 23.2 Å². The Bertz CT molecular complexity index is 257. The van der Waals surface area contributed by atoms with E-state index < -0.39 is 10.8 Å². The highest BCUT2D eigenvalue weighted by Crippen LogP contribution is 2.32. The third-order valence-corrected chi connectivity index (χ3v) is 5.03. The summed E-state index contributed by atoms with van der Waals surface area (Å²) in [7, 11) is -0.831. The van der Waals surface area contributed by atoms with Crippen molar-refractivity contribution < 1.29 is 4.21 Å². The van der Waals surface area contributed by atoms with E-state index in [4.69, 9.17) is 5.26 Å². The smallest absolute Gasteiger partial charge is 0.0668 e. The number of rotatable bonds is 2. The highest BCUT2D eigenvalue weighted by atomic mass is 32.2. The Kier molecular flexibility index (Phi) is 4.12. The van der Waals surface area contributed by atoms with Crippen LogP contribution in [-0.4, -0.2) is 14.7 Å². The quantitative estimate of drug-likeness (QED) is 0.707. The van der Waals surface area contributed by atoms with Crippen molar-refractivity contribution in [1.29, 1.82) is 5.26 Å². The molecule has 0 aliphatic heterocycles. The highest BCUT2D eigenvalue weighted by Gasteiger charge is 2.33. The van der Waals surface area contributed by atoms with Gasteiger partial charge in [-0.2, -0.15) is 5.26 Å². The van der Waals surface area contributed by atoms with Gasteiger partial charge in [-0.15, -0.1) is 0 Å². The van der Waals surface area contributed by atoms with Gasteiger partial charge in [-0.05, 0) is 25.2 Å². The Balaban J connectivity index is 2.72. The number of hydrogen-bond donors (Lipinski definition) is 0. The van der Waals surface area contributed by atoms with Crippen LogP contribution in [0.3, 0.4) is 0 Å². The van der Waals surface area contributed by atoms with Crippen LogP contribution >= 0.6 is 0 Å². The molecule has 80 valence electrons. The second kappa shape index (κ2) is 4.93. The Labute approximate surface area is 89.1 Å². The SMILES string of the molecule is CC1CCC(C#N)C(S(=O)C(C)C)C1. The zero-order valence-electron chi connectivity index (χ0n) is 9.19. The van der Waals surface area contributed by atoms with Gasteiger partial charge in [-0.1, -0.05) is 20.8 Å². The minimum atomic E-state index is -0.831. The number of nitrogens with zero attached hydrogens (tertiary/aromatic N) is 1. The molecule has 1 aliphatic rings. The summed E-state index contributed by atoms with van der Waals surface area (Å²) < 4.78 is 12.0. The van der Waals surface area contributed by atoms with E-state index in [0.29, 0.717) is 5.92 Å². The summed E-state index contributed by atoms with van der Waals surface area (Å²) in [5.41, 5.74) is 0. The lowest BCUT2D eigenvalue weighted by Gasteiger charge is -2.31. The molecule has 4 atom stereocenters. The summed E-state index contributed by atoms with van der Waals surface area (Å²) >= 11 is 0. The maximum atomic E-state index is 12.0. The summed E-state index contributed by atoms with van der Waals surface area (Å²) in [5.74, 6) is 0.654. The molecule has 0 radical (unpaired) electrons. The highest BCUT2D eigenvalue weighted by molar-refractivity contribution is 7.86. The fourth-order valence-corrected chi connectivity index (χ4v) is 3.82. The van der Waals surface area contributed by atoms with E-state index in [9.17, 15) is 4.21 Å². The molecule has 14 heavy (non-hydrogen) atoms. The van der Waals surface area contributed by atoms with Gasteiger partial charge in [0.2, 0.25) is 0 Å². The second-order valence-corrected chi connectivity index (χ2v) is 6.77. The van der Waals surface area contributed by atoms with E-state index in [1.54, 1.807) is 0 Å². The molecular weight excluding hydrogens is 194 g/mol. The molecule has 1 fully saturated rings. The average molecular weight is 213 g/mol. The van der Waals surface area contributed by atoms with Gasteiger partial charge in [0.05, 0.1) is 17.2 Å². The van der Waals surface area contributed by atoms with E-state index in [2.05, 4.69) is 13.0 Å². The molecule has 0 N–H and O–H groups in total. The molecular formula is C11H19NOS. The summed E-state index contributed by atoms with van der Waals surface area (Å²) in [4.78, 5) is 0. The van der Waals surface area contributed by atoms with E-state index >= 15 is 0 Å². The maximum Gasteiger partial charge on any atom is 0.0668 e. The molecule has 0 aromatic carbocycles. The van der Waals surface area contributed by atoms with Gasteiger partial charge in [-0.3, -0.25) is 4.21 Å². The van der Waals surface area contributed by atoms with Crippen molar-refractivity contribution in [2.75, 3.05) is 0 Å². The maximum absolute atomic E-state index is 12.0. The third kappa shape index (κ3) is 2.57. The van der Waals surface area contributed by atoms with Crippen LogP contribution in [-0.2, 0) is 10.8 Å². The lowest BCUT2D eigenvalue weighted by Crippen LogP contribution is -2.34. The molecule has 1 rings (SSSR count). The van der Waals surface area contributed by atoms with Crippen LogP contribution < -0.4 is 0 Å². The monoisotopic (exact) mass is 213 g/mol. The van der Waals surface area contributed by atoms with Crippen LogP contribution in [0.4, 0.5) is 0 Å². The molecule has 1 aliphatic carbocycles. The summed E-state index contributed by atoms with van der Waals surface area (Å²) in [5, 5.41) is 9.29. The van der Waals surface area contributed by atoms with Crippen molar-refractivity contribution >= 4 is 10.8 Å². The average Bonchev–Trinajstić information content (AvgIpc) is 2.16. The molecule has 0 aromatic heterocycles. The van der Waals surface area contributed by atoms with E-state index in [1.807, 2.05) is 13.8 Å². The summed E-state index contributed by atoms with van der Waals surface area (Å²) in [6.45, 7) is 6.14. The molecule has 0 spiro atoms. The van der Waals surface area contributed by atoms with Crippen molar-refractivity contribution in [3.63, 3.8) is 0 Å². The van der Waals surface area contributed by atoms with Gasteiger partial charge in [0.1, 0.15) is 0 Å². The van der Waals surface area contributed by atoms with Crippen LogP contribution in [0.25, 0.3) is 0 Å². The molecule has 2 nitrogen and oxygen atoms in total. The van der Waals surface area contributed by atoms with E-state index in [-0.39, 0.29) is 16.4 Å². The molecule has 0 heterocycles. The molecule has 0 aromatic rings. The molecule has 0 saturated heterocycles. The van der Waals surface area contributed by atoms with Crippen molar-refractivity contribution in [3.8, 4) is 6.07 Å². The van der Waals surface area contributed by atoms with Crippen LogP contribution in [0.15, 0.2) is 0 Å². The Morgan fingerprint density at radius 3 is 2.57 bits per heavy atom. The van der Waals surface area contributed by atoms with Gasteiger partial charge in [0.15, 0.2) is 0 Å². The topological polar surface area (TPSA) is 40.9 Å². The standard InChI is InChI=1S/C11H19NOS/c1-8(2)14(13)11-6-9(3)4-5-10(11)7-12/h8-11H,4-6H2,1-3H3. The van der Waals surface area contributed by atoms with Crippen molar-refractivity contribution in [1.82, 2.24) is 0 Å².